The van der Waals surface area contributed by atoms with E-state index in [9.17, 15) is 0 Å². The van der Waals surface area contributed by atoms with Crippen LogP contribution in [0.25, 0.3) is 65.0 Å². The maximum Gasteiger partial charge on any atom is 0.160 e. The number of fused-ring (bicyclic) bond motifs is 8. The molecular weight excluding hydrogens is 603 g/mol. The molecule has 3 aromatic heterocycles. The number of benzene rings is 4. The summed E-state index contributed by atoms with van der Waals surface area (Å²) in [5.74, 6) is 0.778. The zero-order chi connectivity index (χ0) is 31.6. The highest BCUT2D eigenvalue weighted by Gasteiger charge is 2.28. The lowest BCUT2D eigenvalue weighted by Crippen LogP contribution is -2.07. The van der Waals surface area contributed by atoms with Gasteiger partial charge < -0.3 is 4.57 Å². The molecule has 0 bridgehead atoms. The van der Waals surface area contributed by atoms with Crippen molar-refractivity contribution in [2.24, 2.45) is 0 Å². The molecular formula is C44H33N3S. The molecule has 0 unspecified atom stereocenters. The number of rotatable bonds is 4. The van der Waals surface area contributed by atoms with E-state index in [4.69, 9.17) is 9.97 Å². The van der Waals surface area contributed by atoms with Crippen molar-refractivity contribution in [3.8, 4) is 27.5 Å². The van der Waals surface area contributed by atoms with Crippen LogP contribution in [0.1, 0.15) is 42.6 Å². The average Bonchev–Trinajstić information content (AvgIpc) is 3.71. The van der Waals surface area contributed by atoms with Crippen molar-refractivity contribution in [1.29, 1.82) is 0 Å². The third-order valence-electron chi connectivity index (χ3n) is 10.4. The average molecular weight is 636 g/mol. The largest absolute Gasteiger partial charge is 0.313 e. The number of hydrogen-bond donors (Lipinski definition) is 0. The van der Waals surface area contributed by atoms with Crippen LogP contribution in [-0.4, -0.2) is 14.5 Å². The Morgan fingerprint density at radius 1 is 0.604 bits per heavy atom. The second-order valence-electron chi connectivity index (χ2n) is 13.1. The molecule has 3 aliphatic carbocycles. The Labute approximate surface area is 283 Å². The monoisotopic (exact) mass is 635 g/mol. The lowest BCUT2D eigenvalue weighted by Gasteiger charge is -2.19. The normalized spacial score (nSPS) is 15.7. The summed E-state index contributed by atoms with van der Waals surface area (Å²) in [4.78, 5) is 11.8. The fourth-order valence-electron chi connectivity index (χ4n) is 8.05. The SMILES string of the molecule is C1=CCCC(C2=CC=C(c3nc(-c4ccc(-n5c6c(c7ccccc75)-c5sc7ccccc7c5CC6)cc4)nc4ccccc34)CC2)=C1. The van der Waals surface area contributed by atoms with Gasteiger partial charge in [0.25, 0.3) is 0 Å². The molecule has 48 heavy (non-hydrogen) atoms. The highest BCUT2D eigenvalue weighted by molar-refractivity contribution is 7.22. The number of aromatic nitrogens is 3. The summed E-state index contributed by atoms with van der Waals surface area (Å²) in [5.41, 5.74) is 14.1. The van der Waals surface area contributed by atoms with Gasteiger partial charge in [-0.2, -0.15) is 0 Å². The topological polar surface area (TPSA) is 30.7 Å². The lowest BCUT2D eigenvalue weighted by molar-refractivity contribution is 0.874. The molecule has 4 aromatic carbocycles. The maximum absolute atomic E-state index is 5.25. The van der Waals surface area contributed by atoms with Crippen LogP contribution < -0.4 is 0 Å². The Bertz CT molecular complexity index is 2550. The van der Waals surface area contributed by atoms with Crippen molar-refractivity contribution in [3.63, 3.8) is 0 Å². The van der Waals surface area contributed by atoms with Crippen LogP contribution >= 0.6 is 11.3 Å². The molecule has 0 N–H and O–H groups in total. The van der Waals surface area contributed by atoms with Gasteiger partial charge in [0.1, 0.15) is 0 Å². The third-order valence-corrected chi connectivity index (χ3v) is 11.6. The van der Waals surface area contributed by atoms with Gasteiger partial charge in [-0.1, -0.05) is 85.0 Å². The van der Waals surface area contributed by atoms with Gasteiger partial charge in [-0.15, -0.1) is 11.3 Å². The highest BCUT2D eigenvalue weighted by atomic mass is 32.1. The van der Waals surface area contributed by atoms with E-state index < -0.39 is 0 Å². The highest BCUT2D eigenvalue weighted by Crippen LogP contribution is 2.48. The number of aryl methyl sites for hydroxylation is 1. The van der Waals surface area contributed by atoms with Crippen LogP contribution in [0.15, 0.2) is 139 Å². The Morgan fingerprint density at radius 2 is 1.35 bits per heavy atom. The summed E-state index contributed by atoms with van der Waals surface area (Å²) in [6.45, 7) is 0. The molecule has 230 valence electrons. The molecule has 3 heterocycles. The van der Waals surface area contributed by atoms with Crippen molar-refractivity contribution >= 4 is 48.8 Å². The molecule has 7 aromatic rings. The van der Waals surface area contributed by atoms with Crippen molar-refractivity contribution < 1.29 is 0 Å². The molecule has 0 atom stereocenters. The predicted octanol–water partition coefficient (Wildman–Crippen LogP) is 11.6. The van der Waals surface area contributed by atoms with Crippen LogP contribution in [0.5, 0.6) is 0 Å². The van der Waals surface area contributed by atoms with Gasteiger partial charge in [-0.25, -0.2) is 9.97 Å². The molecule has 3 aliphatic rings. The van der Waals surface area contributed by atoms with E-state index in [0.717, 1.165) is 66.5 Å². The van der Waals surface area contributed by atoms with Crippen molar-refractivity contribution in [2.45, 2.75) is 38.5 Å². The molecule has 0 aliphatic heterocycles. The van der Waals surface area contributed by atoms with E-state index >= 15 is 0 Å². The third kappa shape index (κ3) is 4.40. The Morgan fingerprint density at radius 3 is 2.19 bits per heavy atom. The zero-order valence-electron chi connectivity index (χ0n) is 26.6. The number of para-hydroxylation sites is 2. The molecule has 0 radical (unpaired) electrons. The molecule has 10 rings (SSSR count). The smallest absolute Gasteiger partial charge is 0.160 e. The lowest BCUT2D eigenvalue weighted by atomic mass is 9.87. The van der Waals surface area contributed by atoms with Gasteiger partial charge in [0, 0.05) is 42.9 Å². The van der Waals surface area contributed by atoms with Gasteiger partial charge in [0.15, 0.2) is 5.82 Å². The van der Waals surface area contributed by atoms with Crippen LogP contribution in [0.4, 0.5) is 0 Å². The Hall–Kier alpha value is -5.32. The first-order valence-electron chi connectivity index (χ1n) is 17.1. The number of allylic oxidation sites excluding steroid dienone is 8. The first-order chi connectivity index (χ1) is 23.8. The summed E-state index contributed by atoms with van der Waals surface area (Å²) < 4.78 is 3.87. The van der Waals surface area contributed by atoms with Gasteiger partial charge in [0.2, 0.25) is 0 Å². The fraction of sp³-hybridized carbons (Fsp3) is 0.136. The van der Waals surface area contributed by atoms with Gasteiger partial charge in [-0.3, -0.25) is 0 Å². The first kappa shape index (κ1) is 27.8. The minimum atomic E-state index is 0.778. The Balaban J connectivity index is 1.06. The van der Waals surface area contributed by atoms with E-state index in [0.29, 0.717) is 0 Å². The summed E-state index contributed by atoms with van der Waals surface area (Å²) in [7, 11) is 0. The van der Waals surface area contributed by atoms with Gasteiger partial charge in [-0.05, 0) is 109 Å². The zero-order valence-corrected chi connectivity index (χ0v) is 27.4. The second kappa shape index (κ2) is 11.1. The van der Waals surface area contributed by atoms with E-state index in [-0.39, 0.29) is 0 Å². The van der Waals surface area contributed by atoms with Crippen LogP contribution in [0.3, 0.4) is 0 Å². The van der Waals surface area contributed by atoms with E-state index in [1.165, 1.54) is 65.1 Å². The standard InChI is InChI=1S/C44H33N3S/c1-2-10-28(11-3-1)29-18-20-30(21-19-29)42-35-13-4-7-15-37(35)45-44(46-42)31-22-24-32(25-23-31)47-38-16-8-5-14-36(38)41-39(47)27-26-34-33-12-6-9-17-40(33)48-43(34)41/h1-2,4-10,12-18,20,22-25H,3,11,19,21,26-27H2. The van der Waals surface area contributed by atoms with Crippen molar-refractivity contribution in [1.82, 2.24) is 14.5 Å². The summed E-state index contributed by atoms with van der Waals surface area (Å²) in [6.07, 6.45) is 17.7. The minimum Gasteiger partial charge on any atom is -0.313 e. The molecule has 4 heteroatoms. The van der Waals surface area contributed by atoms with E-state index in [2.05, 4.69) is 132 Å². The molecule has 0 amide bonds. The number of nitrogens with zero attached hydrogens (tertiary/aromatic N) is 3. The van der Waals surface area contributed by atoms with Crippen LogP contribution in [0.2, 0.25) is 0 Å². The Kier molecular flexibility index (Phi) is 6.44. The second-order valence-corrected chi connectivity index (χ2v) is 14.1. The van der Waals surface area contributed by atoms with Crippen molar-refractivity contribution in [2.75, 3.05) is 0 Å². The quantitative estimate of drug-likeness (QED) is 0.193. The fourth-order valence-corrected chi connectivity index (χ4v) is 9.39. The van der Waals surface area contributed by atoms with Crippen molar-refractivity contribution in [3.05, 3.63) is 156 Å². The number of thiophene rings is 1. The molecule has 0 saturated heterocycles. The van der Waals surface area contributed by atoms with Gasteiger partial charge in [0.05, 0.1) is 16.7 Å². The van der Waals surface area contributed by atoms with Gasteiger partial charge >= 0.3 is 0 Å². The summed E-state index contributed by atoms with van der Waals surface area (Å²) in [5, 5.41) is 3.87. The predicted molar refractivity (Wildman–Crippen MR) is 202 cm³/mol. The van der Waals surface area contributed by atoms with E-state index in [1.807, 2.05) is 11.3 Å². The first-order valence-corrected chi connectivity index (χ1v) is 17.9. The molecule has 0 spiro atoms. The van der Waals surface area contributed by atoms with E-state index in [1.54, 1.807) is 0 Å². The molecule has 0 fully saturated rings. The summed E-state index contributed by atoms with van der Waals surface area (Å²) in [6, 6.07) is 35.1. The number of hydrogen-bond acceptors (Lipinski definition) is 3. The molecule has 3 nitrogen and oxygen atoms in total. The van der Waals surface area contributed by atoms with Crippen LogP contribution in [-0.2, 0) is 12.8 Å². The minimum absolute atomic E-state index is 0.778. The maximum atomic E-state index is 5.25. The summed E-state index contributed by atoms with van der Waals surface area (Å²) >= 11 is 1.94. The molecule has 0 saturated carbocycles. The van der Waals surface area contributed by atoms with Crippen LogP contribution in [0, 0.1) is 0 Å².